The van der Waals surface area contributed by atoms with E-state index < -0.39 is 12.0 Å². The quantitative estimate of drug-likeness (QED) is 0.768. The van der Waals surface area contributed by atoms with Crippen LogP contribution in [0.25, 0.3) is 0 Å². The first-order chi connectivity index (χ1) is 9.88. The lowest BCUT2D eigenvalue weighted by molar-refractivity contribution is -0.138. The molecular formula is C13H13Cl2N3O2S. The van der Waals surface area contributed by atoms with Gasteiger partial charge in [0.05, 0.1) is 11.7 Å². The molecule has 1 aromatic heterocycles. The van der Waals surface area contributed by atoms with E-state index in [0.717, 1.165) is 5.56 Å². The third kappa shape index (κ3) is 3.85. The predicted octanol–water partition coefficient (Wildman–Crippen LogP) is 3.71. The maximum Gasteiger partial charge on any atom is 0.326 e. The van der Waals surface area contributed by atoms with Crippen molar-refractivity contribution in [1.29, 1.82) is 0 Å². The smallest absolute Gasteiger partial charge is 0.326 e. The van der Waals surface area contributed by atoms with Crippen LogP contribution in [-0.2, 0) is 4.79 Å². The molecule has 0 aliphatic carbocycles. The molecule has 4 N–H and O–H groups in total. The van der Waals surface area contributed by atoms with Gasteiger partial charge >= 0.3 is 5.97 Å². The van der Waals surface area contributed by atoms with Crippen LogP contribution in [0.3, 0.4) is 0 Å². The van der Waals surface area contributed by atoms with E-state index >= 15 is 0 Å². The Kier molecular flexibility index (Phi) is 5.05. The molecule has 2 aromatic rings. The molecule has 0 fully saturated rings. The van der Waals surface area contributed by atoms with Gasteiger partial charge in [0.2, 0.25) is 0 Å². The zero-order valence-corrected chi connectivity index (χ0v) is 13.3. The van der Waals surface area contributed by atoms with Gasteiger partial charge in [-0.2, -0.15) is 0 Å². The van der Waals surface area contributed by atoms with E-state index in [4.69, 9.17) is 34.0 Å². The number of carbonyl (C=O) groups is 1. The third-order valence-electron chi connectivity index (χ3n) is 2.88. The fraction of sp³-hybridized carbons (Fsp3) is 0.231. The van der Waals surface area contributed by atoms with Crippen LogP contribution in [-0.4, -0.2) is 16.1 Å². The molecule has 21 heavy (non-hydrogen) atoms. The predicted molar refractivity (Wildman–Crippen MR) is 85.2 cm³/mol. The number of nitrogens with two attached hydrogens (primary N) is 1. The van der Waals surface area contributed by atoms with Gasteiger partial charge in [0.25, 0.3) is 0 Å². The van der Waals surface area contributed by atoms with E-state index in [1.165, 1.54) is 11.3 Å². The number of nitrogens with one attached hydrogen (secondary N) is 1. The number of aliphatic carboxylic acids is 1. The second kappa shape index (κ2) is 6.62. The van der Waals surface area contributed by atoms with Crippen LogP contribution < -0.4 is 11.1 Å². The number of benzene rings is 1. The minimum Gasteiger partial charge on any atom is -0.480 e. The first-order valence-corrected chi connectivity index (χ1v) is 7.67. The number of halogens is 2. The summed E-state index contributed by atoms with van der Waals surface area (Å²) in [7, 11) is 0. The lowest BCUT2D eigenvalue weighted by atomic mass is 10.1. The number of hydrogen-bond donors (Lipinski definition) is 3. The fourth-order valence-corrected chi connectivity index (χ4v) is 3.14. The molecule has 8 heteroatoms. The van der Waals surface area contributed by atoms with Gasteiger partial charge in [0.15, 0.2) is 5.13 Å². The van der Waals surface area contributed by atoms with E-state index in [-0.39, 0.29) is 6.04 Å². The maximum atomic E-state index is 10.8. The van der Waals surface area contributed by atoms with Crippen molar-refractivity contribution in [3.8, 4) is 0 Å². The molecule has 1 heterocycles. The summed E-state index contributed by atoms with van der Waals surface area (Å²) in [5, 5.41) is 15.4. The summed E-state index contributed by atoms with van der Waals surface area (Å²) >= 11 is 13.3. The van der Waals surface area contributed by atoms with Gasteiger partial charge in [-0.25, -0.2) is 4.98 Å². The average Bonchev–Trinajstić information content (AvgIpc) is 2.85. The SMILES string of the molecule is CC(Nc1nc(C(N)C(=O)O)cs1)c1ccc(Cl)cc1Cl. The minimum atomic E-state index is -1.12. The number of hydrogen-bond acceptors (Lipinski definition) is 5. The van der Waals surface area contributed by atoms with E-state index in [2.05, 4.69) is 10.3 Å². The van der Waals surface area contributed by atoms with Crippen LogP contribution in [0.5, 0.6) is 0 Å². The highest BCUT2D eigenvalue weighted by molar-refractivity contribution is 7.13. The zero-order chi connectivity index (χ0) is 15.6. The third-order valence-corrected chi connectivity index (χ3v) is 4.23. The minimum absolute atomic E-state index is 0.102. The molecule has 112 valence electrons. The molecule has 2 unspecified atom stereocenters. The number of aromatic nitrogens is 1. The number of nitrogens with zero attached hydrogens (tertiary/aromatic N) is 1. The van der Waals surface area contributed by atoms with E-state index in [1.54, 1.807) is 17.5 Å². The van der Waals surface area contributed by atoms with Crippen molar-refractivity contribution < 1.29 is 9.90 Å². The molecule has 0 saturated heterocycles. The lowest BCUT2D eigenvalue weighted by Gasteiger charge is -2.15. The van der Waals surface area contributed by atoms with Crippen molar-refractivity contribution in [3.63, 3.8) is 0 Å². The molecular weight excluding hydrogens is 333 g/mol. The van der Waals surface area contributed by atoms with Gasteiger partial charge in [-0.05, 0) is 24.6 Å². The number of carboxylic acid groups (broad SMARTS) is 1. The van der Waals surface area contributed by atoms with Gasteiger partial charge < -0.3 is 16.2 Å². The molecule has 0 amide bonds. The van der Waals surface area contributed by atoms with Gasteiger partial charge in [-0.3, -0.25) is 4.79 Å². The van der Waals surface area contributed by atoms with Crippen LogP contribution in [0.1, 0.15) is 30.3 Å². The number of carboxylic acids is 1. The topological polar surface area (TPSA) is 88.2 Å². The molecule has 5 nitrogen and oxygen atoms in total. The van der Waals surface area contributed by atoms with Crippen LogP contribution >= 0.6 is 34.5 Å². The highest BCUT2D eigenvalue weighted by Gasteiger charge is 2.18. The zero-order valence-electron chi connectivity index (χ0n) is 11.0. The van der Waals surface area contributed by atoms with Crippen LogP contribution in [0.2, 0.25) is 10.0 Å². The molecule has 0 spiro atoms. The molecule has 0 aliphatic rings. The Hall–Kier alpha value is -1.34. The fourth-order valence-electron chi connectivity index (χ4n) is 1.74. The van der Waals surface area contributed by atoms with Crippen LogP contribution in [0.4, 0.5) is 5.13 Å². The van der Waals surface area contributed by atoms with Gasteiger partial charge in [-0.15, -0.1) is 11.3 Å². The molecule has 0 saturated carbocycles. The van der Waals surface area contributed by atoms with Gasteiger partial charge in [0.1, 0.15) is 6.04 Å². The first kappa shape index (κ1) is 16.0. The summed E-state index contributed by atoms with van der Waals surface area (Å²) in [6.07, 6.45) is 0. The monoisotopic (exact) mass is 345 g/mol. The molecule has 1 aromatic carbocycles. The highest BCUT2D eigenvalue weighted by Crippen LogP contribution is 2.30. The second-order valence-electron chi connectivity index (χ2n) is 4.43. The summed E-state index contributed by atoms with van der Waals surface area (Å²) in [6.45, 7) is 1.92. The molecule has 0 aliphatic heterocycles. The highest BCUT2D eigenvalue weighted by atomic mass is 35.5. The standard InChI is InChI=1S/C13H13Cl2N3O2S/c1-6(8-3-2-7(14)4-9(8)15)17-13-18-10(5-21-13)11(16)12(19)20/h2-6,11H,16H2,1H3,(H,17,18)(H,19,20). The number of anilines is 1. The van der Waals surface area contributed by atoms with Gasteiger partial charge in [-0.1, -0.05) is 29.3 Å². The van der Waals surface area contributed by atoms with Gasteiger partial charge in [0, 0.05) is 15.4 Å². The summed E-state index contributed by atoms with van der Waals surface area (Å²) < 4.78 is 0. The van der Waals surface area contributed by atoms with Crippen LogP contribution in [0, 0.1) is 0 Å². The first-order valence-electron chi connectivity index (χ1n) is 6.03. The summed E-state index contributed by atoms with van der Waals surface area (Å²) in [6, 6.07) is 4.04. The summed E-state index contributed by atoms with van der Waals surface area (Å²) in [5.74, 6) is -1.11. The number of rotatable bonds is 5. The van der Waals surface area contributed by atoms with E-state index in [1.807, 2.05) is 13.0 Å². The van der Waals surface area contributed by atoms with Crippen LogP contribution in [0.15, 0.2) is 23.6 Å². The molecule has 0 bridgehead atoms. The molecule has 2 rings (SSSR count). The van der Waals surface area contributed by atoms with Crippen molar-refractivity contribution in [3.05, 3.63) is 44.9 Å². The van der Waals surface area contributed by atoms with Crippen molar-refractivity contribution in [2.75, 3.05) is 5.32 Å². The second-order valence-corrected chi connectivity index (χ2v) is 6.13. The summed E-state index contributed by atoms with van der Waals surface area (Å²) in [5.41, 5.74) is 6.71. The van der Waals surface area contributed by atoms with Crippen molar-refractivity contribution in [1.82, 2.24) is 4.98 Å². The molecule has 0 radical (unpaired) electrons. The average molecular weight is 346 g/mol. The van der Waals surface area contributed by atoms with E-state index in [9.17, 15) is 4.79 Å². The Bertz CT molecular complexity index is 663. The number of thiazole rings is 1. The van der Waals surface area contributed by atoms with E-state index in [0.29, 0.717) is 20.9 Å². The lowest BCUT2D eigenvalue weighted by Crippen LogP contribution is -2.21. The Morgan fingerprint density at radius 1 is 1.48 bits per heavy atom. The summed E-state index contributed by atoms with van der Waals surface area (Å²) in [4.78, 5) is 15.0. The Balaban J connectivity index is 2.13. The van der Waals surface area contributed by atoms with Crippen molar-refractivity contribution in [2.45, 2.75) is 19.0 Å². The Labute approximate surface area is 135 Å². The van der Waals surface area contributed by atoms with Crippen molar-refractivity contribution in [2.24, 2.45) is 5.73 Å². The normalized spacial score (nSPS) is 13.7. The molecule has 2 atom stereocenters. The van der Waals surface area contributed by atoms with Crippen molar-refractivity contribution >= 4 is 45.6 Å². The Morgan fingerprint density at radius 3 is 2.81 bits per heavy atom. The largest absolute Gasteiger partial charge is 0.480 e. The Morgan fingerprint density at radius 2 is 2.19 bits per heavy atom. The maximum absolute atomic E-state index is 10.8.